The number of carbonyl (C=O) groups is 1. The molecule has 0 radical (unpaired) electrons. The largest absolute Gasteiger partial charge is 0.293 e. The molecule has 0 aromatic carbocycles. The van der Waals surface area contributed by atoms with Crippen molar-refractivity contribution in [3.05, 3.63) is 21.9 Å². The first kappa shape index (κ1) is 18.4. The fourth-order valence-electron chi connectivity index (χ4n) is 2.75. The van der Waals surface area contributed by atoms with Crippen molar-refractivity contribution in [1.82, 2.24) is 0 Å². The van der Waals surface area contributed by atoms with Crippen molar-refractivity contribution in [2.45, 2.75) is 90.9 Å². The van der Waals surface area contributed by atoms with Crippen LogP contribution in [0.3, 0.4) is 0 Å². The van der Waals surface area contributed by atoms with Crippen molar-refractivity contribution in [1.29, 1.82) is 0 Å². The highest BCUT2D eigenvalue weighted by molar-refractivity contribution is 7.12. The van der Waals surface area contributed by atoms with E-state index in [1.807, 2.05) is 5.38 Å². The molecule has 0 bridgehead atoms. The van der Waals surface area contributed by atoms with Gasteiger partial charge in [-0.2, -0.15) is 0 Å². The third kappa shape index (κ3) is 7.80. The van der Waals surface area contributed by atoms with Crippen LogP contribution in [0.2, 0.25) is 0 Å². The first-order valence-corrected chi connectivity index (χ1v) is 9.77. The molecule has 0 spiro atoms. The van der Waals surface area contributed by atoms with Crippen molar-refractivity contribution in [2.24, 2.45) is 0 Å². The number of unbranched alkanes of at least 4 members (excludes halogenated alkanes) is 9. The molecule has 0 atom stereocenters. The molecule has 120 valence electrons. The summed E-state index contributed by atoms with van der Waals surface area (Å²) in [6.45, 7) is 4.39. The molecule has 0 aliphatic rings. The van der Waals surface area contributed by atoms with E-state index >= 15 is 0 Å². The van der Waals surface area contributed by atoms with Gasteiger partial charge < -0.3 is 0 Å². The standard InChI is InChI=1S/C19H32OS/c1-3-5-6-7-8-9-10-11-12-13-14-18(20)19-17(4-2)15-16-21-19/h15-16H,3-14H2,1-2H3. The van der Waals surface area contributed by atoms with E-state index in [1.54, 1.807) is 11.3 Å². The van der Waals surface area contributed by atoms with Gasteiger partial charge in [0.15, 0.2) is 5.78 Å². The van der Waals surface area contributed by atoms with Crippen LogP contribution in [-0.2, 0) is 6.42 Å². The molecule has 0 amide bonds. The number of thiophene rings is 1. The Kier molecular flexibility index (Phi) is 10.5. The third-order valence-corrected chi connectivity index (χ3v) is 5.14. The van der Waals surface area contributed by atoms with E-state index in [4.69, 9.17) is 0 Å². The molecule has 1 nitrogen and oxygen atoms in total. The maximum absolute atomic E-state index is 12.1. The minimum absolute atomic E-state index is 0.362. The van der Waals surface area contributed by atoms with Crippen LogP contribution in [0.4, 0.5) is 0 Å². The summed E-state index contributed by atoms with van der Waals surface area (Å²) < 4.78 is 0. The number of carbonyl (C=O) groups excluding carboxylic acids is 1. The van der Waals surface area contributed by atoms with Crippen molar-refractivity contribution in [2.75, 3.05) is 0 Å². The lowest BCUT2D eigenvalue weighted by molar-refractivity contribution is 0.0982. The number of ketones is 1. The van der Waals surface area contributed by atoms with Gasteiger partial charge in [-0.3, -0.25) is 4.79 Å². The molecule has 21 heavy (non-hydrogen) atoms. The minimum Gasteiger partial charge on any atom is -0.293 e. The van der Waals surface area contributed by atoms with E-state index in [2.05, 4.69) is 19.9 Å². The van der Waals surface area contributed by atoms with Crippen molar-refractivity contribution < 1.29 is 4.79 Å². The van der Waals surface area contributed by atoms with E-state index in [9.17, 15) is 4.79 Å². The Labute approximate surface area is 135 Å². The summed E-state index contributed by atoms with van der Waals surface area (Å²) in [5.41, 5.74) is 1.23. The quantitative estimate of drug-likeness (QED) is 0.289. The van der Waals surface area contributed by atoms with Gasteiger partial charge in [-0.05, 0) is 29.9 Å². The Balaban J connectivity index is 1.98. The minimum atomic E-state index is 0.362. The Bertz CT molecular complexity index is 381. The molecule has 1 rings (SSSR count). The predicted molar refractivity (Wildman–Crippen MR) is 94.5 cm³/mol. The highest BCUT2D eigenvalue weighted by Gasteiger charge is 2.11. The molecule has 0 N–H and O–H groups in total. The maximum Gasteiger partial charge on any atom is 0.173 e. The van der Waals surface area contributed by atoms with Gasteiger partial charge in [0.2, 0.25) is 0 Å². The second-order valence-corrected chi connectivity index (χ2v) is 6.90. The summed E-state index contributed by atoms with van der Waals surface area (Å²) in [5, 5.41) is 2.05. The van der Waals surface area contributed by atoms with Gasteiger partial charge >= 0.3 is 0 Å². The van der Waals surface area contributed by atoms with Crippen LogP contribution in [0.5, 0.6) is 0 Å². The molecular formula is C19H32OS. The molecule has 0 aliphatic carbocycles. The first-order chi connectivity index (χ1) is 10.3. The van der Waals surface area contributed by atoms with Crippen molar-refractivity contribution in [3.63, 3.8) is 0 Å². The first-order valence-electron chi connectivity index (χ1n) is 8.89. The number of Topliss-reactive ketones (excluding diaryl/α,β-unsaturated/α-hetero) is 1. The number of hydrogen-bond acceptors (Lipinski definition) is 2. The lowest BCUT2D eigenvalue weighted by atomic mass is 10.0. The topological polar surface area (TPSA) is 17.1 Å². The summed E-state index contributed by atoms with van der Waals surface area (Å²) in [5.74, 6) is 0.362. The maximum atomic E-state index is 12.1. The predicted octanol–water partition coefficient (Wildman–Crippen LogP) is 6.80. The summed E-state index contributed by atoms with van der Waals surface area (Å²) in [6.07, 6.45) is 15.0. The summed E-state index contributed by atoms with van der Waals surface area (Å²) in [4.78, 5) is 13.1. The van der Waals surface area contributed by atoms with E-state index in [-0.39, 0.29) is 0 Å². The van der Waals surface area contributed by atoms with Gasteiger partial charge in [-0.1, -0.05) is 71.6 Å². The van der Waals surface area contributed by atoms with Crippen molar-refractivity contribution in [3.8, 4) is 0 Å². The zero-order valence-electron chi connectivity index (χ0n) is 14.0. The highest BCUT2D eigenvalue weighted by Crippen LogP contribution is 2.20. The van der Waals surface area contributed by atoms with Gasteiger partial charge in [0, 0.05) is 6.42 Å². The van der Waals surface area contributed by atoms with Crippen LogP contribution < -0.4 is 0 Å². The molecule has 0 aliphatic heterocycles. The van der Waals surface area contributed by atoms with Crippen LogP contribution in [0, 0.1) is 0 Å². The molecule has 2 heteroatoms. The Morgan fingerprint density at radius 2 is 1.48 bits per heavy atom. The average molecular weight is 309 g/mol. The van der Waals surface area contributed by atoms with E-state index in [0.29, 0.717) is 5.78 Å². The molecule has 0 unspecified atom stereocenters. The normalized spacial score (nSPS) is 11.0. The van der Waals surface area contributed by atoms with Crippen molar-refractivity contribution >= 4 is 17.1 Å². The van der Waals surface area contributed by atoms with Gasteiger partial charge in [0.1, 0.15) is 0 Å². The SMILES string of the molecule is CCCCCCCCCCCCC(=O)c1sccc1CC. The van der Waals surface area contributed by atoms with Gasteiger partial charge in [-0.15, -0.1) is 11.3 Å². The molecule has 1 aromatic heterocycles. The average Bonchev–Trinajstić information content (AvgIpc) is 2.97. The molecule has 1 heterocycles. The van der Waals surface area contributed by atoms with E-state index < -0.39 is 0 Å². The molecule has 0 fully saturated rings. The molecule has 0 saturated heterocycles. The second kappa shape index (κ2) is 12.0. The lowest BCUT2D eigenvalue weighted by Gasteiger charge is -2.03. The van der Waals surface area contributed by atoms with Crippen LogP contribution in [0.1, 0.15) is 99.7 Å². The Morgan fingerprint density at radius 1 is 0.905 bits per heavy atom. The number of rotatable bonds is 13. The summed E-state index contributed by atoms with van der Waals surface area (Å²) in [6, 6.07) is 2.09. The van der Waals surface area contributed by atoms with Gasteiger partial charge in [0.05, 0.1) is 4.88 Å². The van der Waals surface area contributed by atoms with Gasteiger partial charge in [0.25, 0.3) is 0 Å². The summed E-state index contributed by atoms with van der Waals surface area (Å²) >= 11 is 1.61. The van der Waals surface area contributed by atoms with E-state index in [0.717, 1.165) is 24.1 Å². The zero-order valence-corrected chi connectivity index (χ0v) is 14.8. The van der Waals surface area contributed by atoms with Crippen LogP contribution in [0.25, 0.3) is 0 Å². The molecule has 0 saturated carbocycles. The fraction of sp³-hybridized carbons (Fsp3) is 0.737. The molecule has 1 aromatic rings. The smallest absolute Gasteiger partial charge is 0.173 e. The molecular weight excluding hydrogens is 276 g/mol. The number of hydrogen-bond donors (Lipinski definition) is 0. The third-order valence-electron chi connectivity index (χ3n) is 4.14. The monoisotopic (exact) mass is 308 g/mol. The highest BCUT2D eigenvalue weighted by atomic mass is 32.1. The zero-order chi connectivity index (χ0) is 15.3. The fourth-order valence-corrected chi connectivity index (χ4v) is 3.71. The van der Waals surface area contributed by atoms with Gasteiger partial charge in [-0.25, -0.2) is 0 Å². The lowest BCUT2D eigenvalue weighted by Crippen LogP contribution is -1.99. The van der Waals surface area contributed by atoms with E-state index in [1.165, 1.54) is 63.4 Å². The summed E-state index contributed by atoms with van der Waals surface area (Å²) in [7, 11) is 0. The Morgan fingerprint density at radius 3 is 2.05 bits per heavy atom. The van der Waals surface area contributed by atoms with Crippen LogP contribution >= 0.6 is 11.3 Å². The van der Waals surface area contributed by atoms with Crippen LogP contribution in [-0.4, -0.2) is 5.78 Å². The van der Waals surface area contributed by atoms with Crippen LogP contribution in [0.15, 0.2) is 11.4 Å². The second-order valence-electron chi connectivity index (χ2n) is 5.98. The Hall–Kier alpha value is -0.630. The number of aryl methyl sites for hydroxylation is 1.